The number of nitrogens with one attached hydrogen (secondary N) is 2. The van der Waals surface area contributed by atoms with Crippen molar-refractivity contribution < 1.29 is 22.8 Å². The summed E-state index contributed by atoms with van der Waals surface area (Å²) in [7, 11) is 0. The molecule has 2 N–H and O–H groups in total. The molecule has 0 saturated carbocycles. The monoisotopic (exact) mass is 436 g/mol. The van der Waals surface area contributed by atoms with Crippen molar-refractivity contribution in [3.63, 3.8) is 0 Å². The zero-order valence-corrected chi connectivity index (χ0v) is 16.1. The summed E-state index contributed by atoms with van der Waals surface area (Å²) in [5.74, 6) is -5.86. The van der Waals surface area contributed by atoms with Gasteiger partial charge in [-0.2, -0.15) is 0 Å². The van der Waals surface area contributed by atoms with E-state index in [9.17, 15) is 22.8 Å². The number of anilines is 1. The van der Waals surface area contributed by atoms with Crippen molar-refractivity contribution >= 4 is 52.5 Å². The third kappa shape index (κ3) is 5.79. The van der Waals surface area contributed by atoms with Crippen molar-refractivity contribution in [1.82, 2.24) is 5.32 Å². The van der Waals surface area contributed by atoms with E-state index in [4.69, 9.17) is 23.2 Å². The van der Waals surface area contributed by atoms with E-state index in [1.807, 2.05) is 0 Å². The lowest BCUT2D eigenvalue weighted by Gasteiger charge is -2.13. The van der Waals surface area contributed by atoms with Gasteiger partial charge in [-0.25, -0.2) is 13.2 Å². The predicted molar refractivity (Wildman–Crippen MR) is 99.7 cm³/mol. The molecular weight excluding hydrogens is 424 g/mol. The normalized spacial score (nSPS) is 11.8. The maximum absolute atomic E-state index is 13.5. The highest BCUT2D eigenvalue weighted by Gasteiger charge is 2.18. The van der Waals surface area contributed by atoms with E-state index < -0.39 is 46.7 Å². The molecule has 0 saturated heterocycles. The Labute approximate surface area is 167 Å². The number of rotatable bonds is 6. The fourth-order valence-electron chi connectivity index (χ4n) is 1.94. The molecule has 10 heteroatoms. The summed E-state index contributed by atoms with van der Waals surface area (Å²) < 4.78 is 39.5. The van der Waals surface area contributed by atoms with Gasteiger partial charge in [-0.1, -0.05) is 23.2 Å². The number of halogens is 5. The average molecular weight is 437 g/mol. The predicted octanol–water partition coefficient (Wildman–Crippen LogP) is 4.65. The second kappa shape index (κ2) is 9.34. The number of hydrogen-bond acceptors (Lipinski definition) is 3. The lowest BCUT2D eigenvalue weighted by Crippen LogP contribution is -2.37. The number of benzene rings is 2. The number of thioether (sulfide) groups is 1. The van der Waals surface area contributed by atoms with Crippen LogP contribution in [0.2, 0.25) is 10.0 Å². The second-order valence-corrected chi connectivity index (χ2v) is 7.55. The first-order valence-corrected chi connectivity index (χ1v) is 9.15. The topological polar surface area (TPSA) is 58.2 Å². The van der Waals surface area contributed by atoms with Crippen LogP contribution in [-0.2, 0) is 9.59 Å². The van der Waals surface area contributed by atoms with Gasteiger partial charge in [0, 0.05) is 9.92 Å². The van der Waals surface area contributed by atoms with Crippen LogP contribution in [0.5, 0.6) is 0 Å². The number of carbonyl (C=O) groups is 2. The van der Waals surface area contributed by atoms with Gasteiger partial charge in [0.25, 0.3) is 0 Å². The molecule has 0 spiro atoms. The molecule has 0 radical (unpaired) electrons. The maximum atomic E-state index is 13.5. The Balaban J connectivity index is 1.90. The van der Waals surface area contributed by atoms with Crippen molar-refractivity contribution in [2.45, 2.75) is 17.1 Å². The van der Waals surface area contributed by atoms with Crippen LogP contribution in [0.25, 0.3) is 0 Å². The van der Waals surface area contributed by atoms with Crippen molar-refractivity contribution in [2.24, 2.45) is 0 Å². The summed E-state index contributed by atoms with van der Waals surface area (Å²) in [5.41, 5.74) is -0.527. The van der Waals surface area contributed by atoms with Gasteiger partial charge < -0.3 is 10.6 Å². The maximum Gasteiger partial charge on any atom is 0.243 e. The molecule has 0 heterocycles. The summed E-state index contributed by atoms with van der Waals surface area (Å²) in [6, 6.07) is 6.38. The van der Waals surface area contributed by atoms with Crippen molar-refractivity contribution in [3.8, 4) is 0 Å². The number of hydrogen-bond donors (Lipinski definition) is 2. The van der Waals surface area contributed by atoms with Crippen LogP contribution in [0, 0.1) is 17.5 Å². The average Bonchev–Trinajstić information content (AvgIpc) is 2.63. The molecule has 0 aliphatic carbocycles. The minimum Gasteiger partial charge on any atom is -0.346 e. The van der Waals surface area contributed by atoms with Gasteiger partial charge >= 0.3 is 0 Å². The number of carbonyl (C=O) groups excluding carboxylic acids is 2. The third-order valence-electron chi connectivity index (χ3n) is 3.30. The van der Waals surface area contributed by atoms with Crippen LogP contribution in [0.15, 0.2) is 35.2 Å². The van der Waals surface area contributed by atoms with Crippen LogP contribution >= 0.6 is 35.0 Å². The van der Waals surface area contributed by atoms with Gasteiger partial charge in [0.2, 0.25) is 11.8 Å². The minimum absolute atomic E-state index is 0.426. The van der Waals surface area contributed by atoms with Gasteiger partial charge in [-0.05, 0) is 37.3 Å². The first-order chi connectivity index (χ1) is 12.7. The summed E-state index contributed by atoms with van der Waals surface area (Å²) in [5, 5.41) is 4.71. The lowest BCUT2D eigenvalue weighted by molar-refractivity contribution is -0.123. The van der Waals surface area contributed by atoms with Crippen LogP contribution in [-0.4, -0.2) is 23.6 Å². The minimum atomic E-state index is -1.69. The molecule has 27 heavy (non-hydrogen) atoms. The molecule has 4 nitrogen and oxygen atoms in total. The molecular formula is C17H13Cl2F3N2O2S. The largest absolute Gasteiger partial charge is 0.346 e. The first kappa shape index (κ1) is 21.4. The first-order valence-electron chi connectivity index (χ1n) is 7.51. The molecule has 0 fully saturated rings. The molecule has 2 rings (SSSR count). The summed E-state index contributed by atoms with van der Waals surface area (Å²) in [6.45, 7) is 1.12. The summed E-state index contributed by atoms with van der Waals surface area (Å²) in [6.07, 6.45) is 0. The fourth-order valence-corrected chi connectivity index (χ4v) is 3.37. The van der Waals surface area contributed by atoms with Crippen LogP contribution in [0.4, 0.5) is 18.9 Å². The molecule has 0 aliphatic heterocycles. The number of amides is 2. The standard InChI is InChI=1S/C17H13Cl2F3N2O2S/c1-8(27-13-6-9(18)2-3-10(13)19)17(26)23-7-14(25)24-12-5-4-11(20)15(21)16(12)22/h2-6,8H,7H2,1H3,(H,23,26)(H,24,25). The Morgan fingerprint density at radius 2 is 1.81 bits per heavy atom. The van der Waals surface area contributed by atoms with Crippen molar-refractivity contribution in [3.05, 3.63) is 57.8 Å². The Bertz CT molecular complexity index is 883. The van der Waals surface area contributed by atoms with Crippen LogP contribution in [0.3, 0.4) is 0 Å². The zero-order valence-electron chi connectivity index (χ0n) is 13.8. The Morgan fingerprint density at radius 3 is 2.52 bits per heavy atom. The third-order valence-corrected chi connectivity index (χ3v) is 5.13. The molecule has 0 bridgehead atoms. The second-order valence-electron chi connectivity index (χ2n) is 5.32. The molecule has 2 aromatic carbocycles. The van der Waals surface area contributed by atoms with E-state index in [2.05, 4.69) is 10.6 Å². The van der Waals surface area contributed by atoms with Gasteiger partial charge in [-0.15, -0.1) is 11.8 Å². The van der Waals surface area contributed by atoms with Crippen molar-refractivity contribution in [1.29, 1.82) is 0 Å². The molecule has 1 unspecified atom stereocenters. The van der Waals surface area contributed by atoms with Gasteiger partial charge in [0.1, 0.15) is 0 Å². The Kier molecular flexibility index (Phi) is 7.41. The van der Waals surface area contributed by atoms with E-state index >= 15 is 0 Å². The zero-order chi connectivity index (χ0) is 20.1. The molecule has 2 aromatic rings. The molecule has 1 atom stereocenters. The SMILES string of the molecule is CC(Sc1cc(Cl)ccc1Cl)C(=O)NCC(=O)Nc1ccc(F)c(F)c1F. The quantitative estimate of drug-likeness (QED) is 0.511. The Hall–Kier alpha value is -1.90. The van der Waals surface area contributed by atoms with Gasteiger partial charge in [0.05, 0.1) is 22.5 Å². The van der Waals surface area contributed by atoms with Crippen LogP contribution < -0.4 is 10.6 Å². The fraction of sp³-hybridized carbons (Fsp3) is 0.176. The van der Waals surface area contributed by atoms with Crippen molar-refractivity contribution in [2.75, 3.05) is 11.9 Å². The highest BCUT2D eigenvalue weighted by Crippen LogP contribution is 2.32. The summed E-state index contributed by atoms with van der Waals surface area (Å²) >= 11 is 13.1. The Morgan fingerprint density at radius 1 is 1.11 bits per heavy atom. The highest BCUT2D eigenvalue weighted by atomic mass is 35.5. The molecule has 2 amide bonds. The van der Waals surface area contributed by atoms with Gasteiger partial charge in [0.15, 0.2) is 17.5 Å². The van der Waals surface area contributed by atoms with E-state index in [1.54, 1.807) is 25.1 Å². The molecule has 144 valence electrons. The molecule has 0 aromatic heterocycles. The summed E-state index contributed by atoms with van der Waals surface area (Å²) in [4.78, 5) is 24.5. The van der Waals surface area contributed by atoms with E-state index in [0.717, 1.165) is 17.8 Å². The van der Waals surface area contributed by atoms with E-state index in [-0.39, 0.29) is 0 Å². The molecule has 0 aliphatic rings. The van der Waals surface area contributed by atoms with Gasteiger partial charge in [-0.3, -0.25) is 9.59 Å². The highest BCUT2D eigenvalue weighted by molar-refractivity contribution is 8.00. The van der Waals surface area contributed by atoms with E-state index in [1.165, 1.54) is 0 Å². The lowest BCUT2D eigenvalue weighted by atomic mass is 10.2. The van der Waals surface area contributed by atoms with Crippen LogP contribution in [0.1, 0.15) is 6.92 Å². The van der Waals surface area contributed by atoms with E-state index in [0.29, 0.717) is 21.0 Å². The smallest absolute Gasteiger partial charge is 0.243 e.